The van der Waals surface area contributed by atoms with Gasteiger partial charge in [0.2, 0.25) is 0 Å². The Morgan fingerprint density at radius 2 is 0.402 bits per heavy atom. The number of rotatable bonds is 5. The molecule has 102 heavy (non-hydrogen) atoms. The van der Waals surface area contributed by atoms with Gasteiger partial charge in [0.05, 0.1) is 39.7 Å². The van der Waals surface area contributed by atoms with Gasteiger partial charge in [0.15, 0.2) is 0 Å². The number of anilines is 14. The van der Waals surface area contributed by atoms with Crippen LogP contribution in [0.25, 0.3) is 0 Å². The summed E-state index contributed by atoms with van der Waals surface area (Å²) < 4.78 is 38.5. The Labute approximate surface area is 618 Å². The molecule has 6 aliphatic rings. The number of hydrogen-bond acceptors (Lipinski definition) is 12. The number of nitrogens with zero attached hydrogens (tertiary/aromatic N) is 6. The van der Waals surface area contributed by atoms with E-state index in [-0.39, 0.29) is 7.12 Å². The molecule has 0 amide bonds. The van der Waals surface area contributed by atoms with Crippen LogP contribution >= 0.6 is 70.6 Å². The third-order valence-electron chi connectivity index (χ3n) is 18.1. The van der Waals surface area contributed by atoms with Crippen molar-refractivity contribution in [2.75, 3.05) is 36.2 Å². The van der Waals surface area contributed by atoms with Crippen LogP contribution in [0.2, 0.25) is 0 Å². The molecule has 494 valence electrons. The number of alkyl halides is 3. The van der Waals surface area contributed by atoms with Crippen LogP contribution < -0.4 is 29.1 Å². The fourth-order valence-electron chi connectivity index (χ4n) is 13.5. The molecule has 0 N–H and O–H groups in total. The zero-order valence-electron chi connectivity index (χ0n) is 54.8. The molecular formula is C86H60BF3N6S6. The monoisotopic (exact) mass is 1440 g/mol. The minimum absolute atomic E-state index is 0.255. The number of halogens is 3. The third kappa shape index (κ3) is 12.5. The SMILES string of the molecule is CN1c2ccccc2Sc2ccccc21.FC(F)(F)c1ccc(N2c3ccccc3Sc3ccccc32)cc1.c1ccc(N2c3ccccc3Sc3ccccc32)cc1.c1ccc2c(c1)Sc1ccccc1N2B(N1c2ccccc2Sc2ccccc21)N1c2ccccc2Sc2ccccc21. The first-order chi connectivity index (χ1) is 50.2. The maximum Gasteiger partial charge on any atom is 0.519 e. The first-order valence-electron chi connectivity index (χ1n) is 33.3. The summed E-state index contributed by atoms with van der Waals surface area (Å²) in [6, 6.07) is 119. The maximum absolute atomic E-state index is 12.8. The number of fused-ring (bicyclic) bond motifs is 12. The molecule has 0 bridgehead atoms. The Balaban J connectivity index is 0.000000111. The standard InChI is InChI=1S/C36H24BN3S3.C19H12F3NS.C18H13NS.C13H11NS/c1-7-19-31-25(13-1)38(26-14-2-8-20-32(26)41-31)37(39-27-15-3-9-21-33(27)42-34-22-10-4-16-28(34)39)40-29-17-5-11-23-35(29)43-36-24-12-6-18-30(36)40;20-19(21,22)13-9-11-14(12-10-13)23-15-5-1-3-7-17(15)24-18-8-4-2-6-16(18)23;1-2-8-14(9-3-1)19-15-10-4-6-12-17(15)20-18-13-7-5-11-16(18)19;1-14-10-6-2-4-8-12(10)15-13-9-5-3-7-11(13)14/h1-24H;1-12H;1-13H;2-9H,1H3. The van der Waals surface area contributed by atoms with Crippen LogP contribution in [0.4, 0.5) is 92.8 Å². The fraction of sp³-hybridized carbons (Fsp3) is 0.0233. The maximum atomic E-state index is 12.8. The van der Waals surface area contributed by atoms with Crippen LogP contribution in [0, 0.1) is 0 Å². The van der Waals surface area contributed by atoms with Crippen LogP contribution in [0.5, 0.6) is 0 Å². The van der Waals surface area contributed by atoms with Gasteiger partial charge in [-0.15, -0.1) is 0 Å². The fourth-order valence-corrected chi connectivity index (χ4v) is 20.0. The van der Waals surface area contributed by atoms with Gasteiger partial charge in [0, 0.05) is 111 Å². The summed E-state index contributed by atoms with van der Waals surface area (Å²) in [6.45, 7) is 0. The summed E-state index contributed by atoms with van der Waals surface area (Å²) in [5, 5.41) is 0. The molecule has 0 fully saturated rings. The second kappa shape index (κ2) is 28.3. The molecule has 6 nitrogen and oxygen atoms in total. The molecule has 0 unspecified atom stereocenters. The van der Waals surface area contributed by atoms with Crippen molar-refractivity contribution in [3.05, 3.63) is 351 Å². The Morgan fingerprint density at radius 3 is 0.647 bits per heavy atom. The molecule has 0 radical (unpaired) electrons. The second-order valence-corrected chi connectivity index (χ2v) is 30.8. The van der Waals surface area contributed by atoms with Gasteiger partial charge < -0.3 is 29.1 Å². The number of benzene rings is 14. The van der Waals surface area contributed by atoms with Crippen LogP contribution in [-0.4, -0.2) is 14.2 Å². The highest BCUT2D eigenvalue weighted by Gasteiger charge is 2.49. The minimum Gasteiger partial charge on any atom is -0.343 e. The molecule has 0 atom stereocenters. The van der Waals surface area contributed by atoms with E-state index < -0.39 is 11.7 Å². The van der Waals surface area contributed by atoms with Crippen molar-refractivity contribution < 1.29 is 13.2 Å². The van der Waals surface area contributed by atoms with Crippen molar-refractivity contribution in [1.29, 1.82) is 0 Å². The lowest BCUT2D eigenvalue weighted by Crippen LogP contribution is -2.61. The highest BCUT2D eigenvalue weighted by molar-refractivity contribution is 8.01. The zero-order valence-corrected chi connectivity index (χ0v) is 59.7. The van der Waals surface area contributed by atoms with Crippen LogP contribution in [0.3, 0.4) is 0 Å². The zero-order chi connectivity index (χ0) is 68.7. The van der Waals surface area contributed by atoms with Crippen LogP contribution in [-0.2, 0) is 6.18 Å². The lowest BCUT2D eigenvalue weighted by atomic mass is 9.78. The van der Waals surface area contributed by atoms with Crippen molar-refractivity contribution in [3.63, 3.8) is 0 Å². The van der Waals surface area contributed by atoms with Crippen molar-refractivity contribution in [2.45, 2.75) is 64.9 Å². The van der Waals surface area contributed by atoms with Gasteiger partial charge in [0.1, 0.15) is 0 Å². The highest BCUT2D eigenvalue weighted by Crippen LogP contribution is 2.59. The summed E-state index contributed by atoms with van der Waals surface area (Å²) in [4.78, 5) is 29.2. The van der Waals surface area contributed by atoms with E-state index in [4.69, 9.17) is 0 Å². The van der Waals surface area contributed by atoms with Crippen molar-refractivity contribution in [1.82, 2.24) is 0 Å². The highest BCUT2D eigenvalue weighted by atomic mass is 32.2. The summed E-state index contributed by atoms with van der Waals surface area (Å²) in [5.74, 6) is 0. The molecule has 14 aromatic carbocycles. The molecule has 0 aromatic heterocycles. The van der Waals surface area contributed by atoms with Gasteiger partial charge in [-0.25, -0.2) is 0 Å². The van der Waals surface area contributed by atoms with E-state index in [0.29, 0.717) is 5.69 Å². The lowest BCUT2D eigenvalue weighted by molar-refractivity contribution is -0.137. The molecule has 16 heteroatoms. The quantitative estimate of drug-likeness (QED) is 0.153. The van der Waals surface area contributed by atoms with Gasteiger partial charge >= 0.3 is 13.3 Å². The van der Waals surface area contributed by atoms with Gasteiger partial charge in [-0.3, -0.25) is 0 Å². The summed E-state index contributed by atoms with van der Waals surface area (Å²) in [6.07, 6.45) is -4.33. The summed E-state index contributed by atoms with van der Waals surface area (Å²) in [5.41, 5.74) is 15.5. The third-order valence-corrected chi connectivity index (χ3v) is 24.9. The molecule has 14 aromatic rings. The molecular weight excluding hydrogens is 1380 g/mol. The van der Waals surface area contributed by atoms with Gasteiger partial charge in [-0.2, -0.15) is 13.2 Å². The van der Waals surface area contributed by atoms with E-state index in [9.17, 15) is 13.2 Å². The molecule has 6 heterocycles. The Kier molecular flexibility index (Phi) is 18.1. The Bertz CT molecular complexity index is 4930. The smallest absolute Gasteiger partial charge is 0.343 e. The van der Waals surface area contributed by atoms with Crippen LogP contribution in [0.1, 0.15) is 5.56 Å². The molecule has 0 saturated carbocycles. The topological polar surface area (TPSA) is 19.4 Å². The predicted molar refractivity (Wildman–Crippen MR) is 424 cm³/mol. The minimum atomic E-state index is -4.33. The van der Waals surface area contributed by atoms with E-state index >= 15 is 0 Å². The van der Waals surface area contributed by atoms with Crippen LogP contribution in [0.15, 0.2) is 405 Å². The number of hydrogen-bond donors (Lipinski definition) is 0. The van der Waals surface area contributed by atoms with Crippen molar-refractivity contribution in [3.8, 4) is 0 Å². The van der Waals surface area contributed by atoms with Crippen molar-refractivity contribution in [2.24, 2.45) is 0 Å². The van der Waals surface area contributed by atoms with Gasteiger partial charge in [-0.1, -0.05) is 234 Å². The molecule has 0 spiro atoms. The number of para-hydroxylation sites is 13. The molecule has 20 rings (SSSR count). The van der Waals surface area contributed by atoms with E-state index in [0.717, 1.165) is 33.3 Å². The predicted octanol–water partition coefficient (Wildman–Crippen LogP) is 27.1. The Hall–Kier alpha value is -10.2. The average molecular weight is 1440 g/mol. The van der Waals surface area contributed by atoms with E-state index in [1.165, 1.54) is 124 Å². The van der Waals surface area contributed by atoms with E-state index in [1.807, 2.05) is 112 Å². The van der Waals surface area contributed by atoms with Gasteiger partial charge in [0.25, 0.3) is 0 Å². The normalized spacial score (nSPS) is 13.5. The molecule has 0 saturated heterocycles. The van der Waals surface area contributed by atoms with Crippen molar-refractivity contribution >= 4 is 157 Å². The lowest BCUT2D eigenvalue weighted by Gasteiger charge is -2.49. The first kappa shape index (κ1) is 65.2. The Morgan fingerprint density at radius 1 is 0.216 bits per heavy atom. The molecule has 0 aliphatic carbocycles. The second-order valence-electron chi connectivity index (χ2n) is 24.3. The first-order valence-corrected chi connectivity index (χ1v) is 38.2. The van der Waals surface area contributed by atoms with E-state index in [2.05, 4.69) is 304 Å². The average Bonchev–Trinajstić information content (AvgIpc) is 0.716. The molecule has 6 aliphatic heterocycles. The summed E-state index contributed by atoms with van der Waals surface area (Å²) >= 11 is 10.9. The summed E-state index contributed by atoms with van der Waals surface area (Å²) in [7, 11) is 1.87. The van der Waals surface area contributed by atoms with Gasteiger partial charge in [-0.05, 0) is 182 Å². The van der Waals surface area contributed by atoms with E-state index in [1.54, 1.807) is 11.8 Å². The largest absolute Gasteiger partial charge is 0.519 e.